The molecule has 0 saturated heterocycles. The van der Waals surface area contributed by atoms with Crippen molar-refractivity contribution < 1.29 is 4.92 Å². The number of nitro benzene ring substituents is 1. The maximum Gasteiger partial charge on any atom is 0.283 e. The van der Waals surface area contributed by atoms with Crippen LogP contribution in [0.1, 0.15) is 0 Å². The van der Waals surface area contributed by atoms with Crippen LogP contribution < -0.4 is 0 Å². The van der Waals surface area contributed by atoms with E-state index >= 15 is 0 Å². The number of halogens is 1. The van der Waals surface area contributed by atoms with Gasteiger partial charge in [-0.3, -0.25) is 15.2 Å². The van der Waals surface area contributed by atoms with E-state index in [9.17, 15) is 10.1 Å². The molecule has 100 valence electrons. The Morgan fingerprint density at radius 3 is 2.95 bits per heavy atom. The van der Waals surface area contributed by atoms with Crippen LogP contribution in [0.25, 0.3) is 11.0 Å². The van der Waals surface area contributed by atoms with E-state index < -0.39 is 4.92 Å². The Hall–Kier alpha value is -1.93. The van der Waals surface area contributed by atoms with Crippen LogP contribution in [0.2, 0.25) is 0 Å². The first-order chi connectivity index (χ1) is 9.65. The minimum Gasteiger partial charge on any atom is -0.260 e. The van der Waals surface area contributed by atoms with Crippen LogP contribution in [0, 0.1) is 10.1 Å². The lowest BCUT2D eigenvalue weighted by atomic mass is 10.3. The number of aromatic amines is 1. The van der Waals surface area contributed by atoms with Crippen LogP contribution in [-0.4, -0.2) is 20.1 Å². The van der Waals surface area contributed by atoms with Gasteiger partial charge in [0.1, 0.15) is 5.03 Å². The minimum absolute atomic E-state index is 0.0663. The zero-order valence-corrected chi connectivity index (χ0v) is 12.3. The topological polar surface area (TPSA) is 84.7 Å². The molecule has 20 heavy (non-hydrogen) atoms. The summed E-state index contributed by atoms with van der Waals surface area (Å²) in [5, 5.41) is 19.5. The van der Waals surface area contributed by atoms with Gasteiger partial charge in [0.25, 0.3) is 5.69 Å². The number of pyridine rings is 1. The summed E-state index contributed by atoms with van der Waals surface area (Å²) < 4.78 is 0.829. The van der Waals surface area contributed by atoms with Gasteiger partial charge in [-0.25, -0.2) is 4.98 Å². The van der Waals surface area contributed by atoms with E-state index in [1.54, 1.807) is 24.4 Å². The van der Waals surface area contributed by atoms with Crippen LogP contribution in [0.15, 0.2) is 50.9 Å². The molecule has 1 N–H and O–H groups in total. The summed E-state index contributed by atoms with van der Waals surface area (Å²) in [6, 6.07) is 8.46. The molecule has 0 radical (unpaired) electrons. The third kappa shape index (κ3) is 2.39. The van der Waals surface area contributed by atoms with E-state index in [1.807, 2.05) is 6.07 Å². The number of benzene rings is 1. The highest BCUT2D eigenvalue weighted by Crippen LogP contribution is 2.36. The quantitative estimate of drug-likeness (QED) is 0.573. The van der Waals surface area contributed by atoms with Gasteiger partial charge in [-0.2, -0.15) is 5.10 Å². The molecule has 0 amide bonds. The molecule has 1 aromatic carbocycles. The molecule has 2 heterocycles. The van der Waals surface area contributed by atoms with Crippen LogP contribution in [-0.2, 0) is 0 Å². The van der Waals surface area contributed by atoms with E-state index in [1.165, 1.54) is 17.8 Å². The summed E-state index contributed by atoms with van der Waals surface area (Å²) in [6.07, 6.45) is 1.67. The molecule has 0 aliphatic carbocycles. The highest BCUT2D eigenvalue weighted by Gasteiger charge is 2.16. The summed E-state index contributed by atoms with van der Waals surface area (Å²) in [4.78, 5) is 15.4. The largest absolute Gasteiger partial charge is 0.283 e. The van der Waals surface area contributed by atoms with Gasteiger partial charge in [-0.15, -0.1) is 0 Å². The first-order valence-corrected chi connectivity index (χ1v) is 7.17. The molecular weight excluding hydrogens is 344 g/mol. The van der Waals surface area contributed by atoms with E-state index in [-0.39, 0.29) is 5.69 Å². The van der Waals surface area contributed by atoms with Gasteiger partial charge >= 0.3 is 0 Å². The van der Waals surface area contributed by atoms with Crippen molar-refractivity contribution >= 4 is 44.4 Å². The molecule has 0 bridgehead atoms. The lowest BCUT2D eigenvalue weighted by Crippen LogP contribution is -1.90. The van der Waals surface area contributed by atoms with Crippen molar-refractivity contribution in [3.8, 4) is 0 Å². The molecule has 3 aromatic rings. The zero-order chi connectivity index (χ0) is 14.1. The average molecular weight is 351 g/mol. The fourth-order valence-corrected chi connectivity index (χ4v) is 3.02. The summed E-state index contributed by atoms with van der Waals surface area (Å²) in [6.45, 7) is 0. The van der Waals surface area contributed by atoms with E-state index in [0.717, 1.165) is 9.86 Å². The van der Waals surface area contributed by atoms with Gasteiger partial charge in [-0.1, -0.05) is 23.9 Å². The molecule has 2 aromatic heterocycles. The van der Waals surface area contributed by atoms with Crippen molar-refractivity contribution in [2.45, 2.75) is 9.92 Å². The van der Waals surface area contributed by atoms with Crippen molar-refractivity contribution in [2.24, 2.45) is 0 Å². The van der Waals surface area contributed by atoms with Gasteiger partial charge in [0.05, 0.1) is 15.2 Å². The molecule has 3 rings (SSSR count). The van der Waals surface area contributed by atoms with Gasteiger partial charge in [0.15, 0.2) is 5.65 Å². The van der Waals surface area contributed by atoms with Crippen molar-refractivity contribution in [1.29, 1.82) is 0 Å². The first-order valence-electron chi connectivity index (χ1n) is 5.56. The smallest absolute Gasteiger partial charge is 0.260 e. The maximum atomic E-state index is 11.0. The number of hydrogen-bond donors (Lipinski definition) is 1. The van der Waals surface area contributed by atoms with Gasteiger partial charge < -0.3 is 0 Å². The molecule has 0 fully saturated rings. The number of rotatable bonds is 3. The third-order valence-corrected chi connectivity index (χ3v) is 4.12. The first kappa shape index (κ1) is 13.1. The van der Waals surface area contributed by atoms with E-state index in [4.69, 9.17) is 0 Å². The number of H-pyrrole nitrogens is 1. The number of para-hydroxylation sites is 1. The highest BCUT2D eigenvalue weighted by molar-refractivity contribution is 9.10. The second kappa shape index (κ2) is 5.22. The number of nitro groups is 1. The normalized spacial score (nSPS) is 10.8. The molecule has 0 aliphatic rings. The van der Waals surface area contributed by atoms with Crippen molar-refractivity contribution in [1.82, 2.24) is 15.2 Å². The number of hydrogen-bond acceptors (Lipinski definition) is 5. The Morgan fingerprint density at radius 2 is 2.15 bits per heavy atom. The molecular formula is C12H7BrN4O2S. The predicted molar refractivity (Wildman–Crippen MR) is 78.8 cm³/mol. The Labute approximate surface area is 125 Å². The van der Waals surface area contributed by atoms with Gasteiger partial charge in [0, 0.05) is 16.7 Å². The predicted octanol–water partition coefficient (Wildman–Crippen LogP) is 3.78. The Morgan fingerprint density at radius 1 is 1.35 bits per heavy atom. The molecule has 0 atom stereocenters. The summed E-state index contributed by atoms with van der Waals surface area (Å²) in [5.41, 5.74) is 0.714. The van der Waals surface area contributed by atoms with Gasteiger partial charge in [0.2, 0.25) is 0 Å². The molecule has 8 heteroatoms. The second-order valence-corrected chi connectivity index (χ2v) is 5.85. The van der Waals surface area contributed by atoms with Crippen molar-refractivity contribution in [3.63, 3.8) is 0 Å². The summed E-state index contributed by atoms with van der Waals surface area (Å²) in [7, 11) is 0. The molecule has 0 unspecified atom stereocenters. The van der Waals surface area contributed by atoms with E-state index in [2.05, 4.69) is 31.1 Å². The van der Waals surface area contributed by atoms with E-state index in [0.29, 0.717) is 15.6 Å². The number of nitrogens with one attached hydrogen (secondary N) is 1. The number of aromatic nitrogens is 3. The lowest BCUT2D eigenvalue weighted by molar-refractivity contribution is -0.387. The Bertz CT molecular complexity index is 805. The SMILES string of the molecule is O=[N+]([O-])c1ccccc1Sc1n[nH]c2ncc(Br)cc12. The fraction of sp³-hybridized carbons (Fsp3) is 0. The molecule has 0 spiro atoms. The third-order valence-electron chi connectivity index (χ3n) is 2.62. The number of nitrogens with zero attached hydrogens (tertiary/aromatic N) is 3. The van der Waals surface area contributed by atoms with Crippen LogP contribution in [0.3, 0.4) is 0 Å². The zero-order valence-electron chi connectivity index (χ0n) is 9.91. The highest BCUT2D eigenvalue weighted by atomic mass is 79.9. The molecule has 0 saturated carbocycles. The summed E-state index contributed by atoms with van der Waals surface area (Å²) in [5.74, 6) is 0. The Kier molecular flexibility index (Phi) is 3.41. The van der Waals surface area contributed by atoms with Crippen molar-refractivity contribution in [3.05, 3.63) is 51.1 Å². The van der Waals surface area contributed by atoms with Crippen molar-refractivity contribution in [2.75, 3.05) is 0 Å². The van der Waals surface area contributed by atoms with Crippen LogP contribution in [0.4, 0.5) is 5.69 Å². The Balaban J connectivity index is 2.06. The standard InChI is InChI=1S/C12H7BrN4O2S/c13-7-5-8-11(14-6-7)15-16-12(8)20-10-4-2-1-3-9(10)17(18)19/h1-6H,(H,14,15,16). The monoisotopic (exact) mass is 350 g/mol. The second-order valence-electron chi connectivity index (χ2n) is 3.91. The molecule has 6 nitrogen and oxygen atoms in total. The van der Waals surface area contributed by atoms with Crippen LogP contribution in [0.5, 0.6) is 0 Å². The van der Waals surface area contributed by atoms with Gasteiger partial charge in [-0.05, 0) is 28.1 Å². The minimum atomic E-state index is -0.397. The number of fused-ring (bicyclic) bond motifs is 1. The lowest BCUT2D eigenvalue weighted by Gasteiger charge is -2.00. The summed E-state index contributed by atoms with van der Waals surface area (Å²) >= 11 is 4.60. The fourth-order valence-electron chi connectivity index (χ4n) is 1.73. The maximum absolute atomic E-state index is 11.0. The average Bonchev–Trinajstić information content (AvgIpc) is 2.82. The van der Waals surface area contributed by atoms with Crippen LogP contribution >= 0.6 is 27.7 Å². The molecule has 0 aliphatic heterocycles.